The predicted octanol–water partition coefficient (Wildman–Crippen LogP) is 4.48. The van der Waals surface area contributed by atoms with Crippen LogP contribution >= 0.6 is 0 Å². The number of alkyl halides is 1. The third-order valence-electron chi connectivity index (χ3n) is 6.82. The van der Waals surface area contributed by atoms with Gasteiger partial charge in [0.05, 0.1) is 12.1 Å². The molecule has 2 aliphatic heterocycles. The molecule has 0 spiro atoms. The van der Waals surface area contributed by atoms with E-state index in [4.69, 9.17) is 4.74 Å². The van der Waals surface area contributed by atoms with E-state index in [0.717, 1.165) is 24.8 Å². The summed E-state index contributed by atoms with van der Waals surface area (Å²) in [5.41, 5.74) is 9.91. The molecule has 5 heteroatoms. The Kier molecular flexibility index (Phi) is 6.24. The van der Waals surface area contributed by atoms with E-state index in [1.807, 2.05) is 12.2 Å². The lowest BCUT2D eigenvalue weighted by atomic mass is 9.76. The van der Waals surface area contributed by atoms with Crippen LogP contribution in [0.4, 0.5) is 4.39 Å². The van der Waals surface area contributed by atoms with Crippen molar-refractivity contribution >= 4 is 0 Å². The summed E-state index contributed by atoms with van der Waals surface area (Å²) in [7, 11) is 1.47. The van der Waals surface area contributed by atoms with Crippen molar-refractivity contribution in [3.05, 3.63) is 70.3 Å². The van der Waals surface area contributed by atoms with Gasteiger partial charge in [0.2, 0.25) is 0 Å². The normalized spacial score (nSPS) is 30.2. The lowest BCUT2D eigenvalue weighted by Gasteiger charge is -2.51. The molecule has 4 unspecified atom stereocenters. The number of nitrogens with zero attached hydrogens (tertiary/aromatic N) is 1. The number of allylic oxidation sites excluding steroid dienone is 4. The van der Waals surface area contributed by atoms with Gasteiger partial charge >= 0.3 is 0 Å². The van der Waals surface area contributed by atoms with E-state index < -0.39 is 12.0 Å². The molecule has 4 atom stereocenters. The van der Waals surface area contributed by atoms with Gasteiger partial charge in [0.25, 0.3) is 0 Å². The van der Waals surface area contributed by atoms with E-state index in [9.17, 15) is 9.50 Å². The molecule has 0 radical (unpaired) electrons. The Bertz CT molecular complexity index is 982. The maximum absolute atomic E-state index is 15.0. The Hall–Kier alpha value is -2.13. The van der Waals surface area contributed by atoms with Gasteiger partial charge in [0, 0.05) is 36.4 Å². The van der Waals surface area contributed by atoms with E-state index in [1.54, 1.807) is 19.9 Å². The zero-order valence-corrected chi connectivity index (χ0v) is 19.8. The third-order valence-corrected chi connectivity index (χ3v) is 6.82. The maximum Gasteiger partial charge on any atom is 0.174 e. The highest BCUT2D eigenvalue weighted by molar-refractivity contribution is 5.51. The molecule has 0 aromatic carbocycles. The topological polar surface area (TPSA) is 44.7 Å². The molecule has 0 aromatic heterocycles. The van der Waals surface area contributed by atoms with E-state index in [-0.39, 0.29) is 23.5 Å². The highest BCUT2D eigenvalue weighted by atomic mass is 19.1. The van der Waals surface area contributed by atoms with Crippen LogP contribution in [0.3, 0.4) is 0 Å². The van der Waals surface area contributed by atoms with E-state index >= 15 is 0 Å². The van der Waals surface area contributed by atoms with E-state index in [2.05, 4.69) is 53.8 Å². The summed E-state index contributed by atoms with van der Waals surface area (Å²) in [5.74, 6) is 0.219. The molecule has 4 aliphatic rings. The summed E-state index contributed by atoms with van der Waals surface area (Å²) < 4.78 is 19.9. The maximum atomic E-state index is 15.0. The van der Waals surface area contributed by atoms with Crippen LogP contribution in [0.15, 0.2) is 70.3 Å². The minimum Gasteiger partial charge on any atom is -0.379 e. The summed E-state index contributed by atoms with van der Waals surface area (Å²) in [6.45, 7) is 8.17. The van der Waals surface area contributed by atoms with Gasteiger partial charge in [-0.15, -0.1) is 0 Å². The number of nitrogens with one attached hydrogen (secondary N) is 1. The molecule has 172 valence electrons. The summed E-state index contributed by atoms with van der Waals surface area (Å²) >= 11 is 0. The predicted molar refractivity (Wildman–Crippen MR) is 126 cm³/mol. The van der Waals surface area contributed by atoms with Crippen molar-refractivity contribution in [3.63, 3.8) is 0 Å². The zero-order valence-electron chi connectivity index (χ0n) is 19.8. The molecule has 0 saturated carbocycles. The number of fused-ring (bicyclic) bond motifs is 2. The van der Waals surface area contributed by atoms with Crippen molar-refractivity contribution in [1.82, 2.24) is 10.2 Å². The summed E-state index contributed by atoms with van der Waals surface area (Å²) in [6.07, 6.45) is 13.8. The van der Waals surface area contributed by atoms with Crippen LogP contribution < -0.4 is 5.32 Å². The molecule has 0 amide bonds. The van der Waals surface area contributed by atoms with Gasteiger partial charge < -0.3 is 15.2 Å². The highest BCUT2D eigenvalue weighted by Gasteiger charge is 2.49. The van der Waals surface area contributed by atoms with Crippen molar-refractivity contribution in [2.24, 2.45) is 5.92 Å². The summed E-state index contributed by atoms with van der Waals surface area (Å²) in [6, 6.07) is 0.307. The second-order valence-corrected chi connectivity index (χ2v) is 10.4. The van der Waals surface area contributed by atoms with Crippen LogP contribution in [0.1, 0.15) is 47.0 Å². The molecule has 32 heavy (non-hydrogen) atoms. The van der Waals surface area contributed by atoms with Crippen molar-refractivity contribution in [2.75, 3.05) is 13.7 Å². The monoisotopic (exact) mass is 438 g/mol. The molecule has 0 saturated heterocycles. The molecule has 4 rings (SSSR count). The number of aliphatic hydroxyl groups excluding tert-OH is 1. The van der Waals surface area contributed by atoms with Crippen LogP contribution in [0.2, 0.25) is 0 Å². The van der Waals surface area contributed by atoms with Crippen LogP contribution in [0.25, 0.3) is 0 Å². The molecule has 0 aromatic rings. The largest absolute Gasteiger partial charge is 0.379 e. The first-order valence-corrected chi connectivity index (χ1v) is 11.5. The van der Waals surface area contributed by atoms with Gasteiger partial charge in [0.1, 0.15) is 5.67 Å². The standard InChI is InChI=1S/C27H35FN2O2/c1-26(2,28)17-30-25(19-13-10-18(11-14-19)12-15-23(31)32-5)24-21(16-27(30,3)4)20-8-6-7-9-22(20)29-24/h7,10-13,15,19,22-23,25,29,31H,9,14,16-17H2,1-5H3/b15-12+. The molecule has 4 nitrogen and oxygen atoms in total. The fourth-order valence-corrected chi connectivity index (χ4v) is 5.31. The van der Waals surface area contributed by atoms with E-state index in [0.29, 0.717) is 6.54 Å². The second-order valence-electron chi connectivity index (χ2n) is 10.4. The summed E-state index contributed by atoms with van der Waals surface area (Å²) in [4.78, 5) is 2.37. The minimum absolute atomic E-state index is 0.0614. The Balaban J connectivity index is 1.69. The molecular weight excluding hydrogens is 403 g/mol. The number of rotatable bonds is 6. The van der Waals surface area contributed by atoms with Crippen molar-refractivity contribution in [1.29, 1.82) is 0 Å². The van der Waals surface area contributed by atoms with Crippen LogP contribution in [-0.4, -0.2) is 53.2 Å². The van der Waals surface area contributed by atoms with Gasteiger partial charge in [-0.1, -0.05) is 35.8 Å². The zero-order chi connectivity index (χ0) is 23.1. The van der Waals surface area contributed by atoms with E-state index in [1.165, 1.54) is 24.0 Å². The van der Waals surface area contributed by atoms with Gasteiger partial charge in [-0.05, 0) is 70.3 Å². The quantitative estimate of drug-likeness (QED) is 0.474. The van der Waals surface area contributed by atoms with Gasteiger partial charge in [-0.2, -0.15) is 0 Å². The lowest BCUT2D eigenvalue weighted by Crippen LogP contribution is -2.60. The minimum atomic E-state index is -1.29. The first kappa shape index (κ1) is 23.0. The Labute approximate surface area is 191 Å². The van der Waals surface area contributed by atoms with Gasteiger partial charge in [-0.25, -0.2) is 4.39 Å². The van der Waals surface area contributed by atoms with Crippen molar-refractivity contribution in [3.8, 4) is 0 Å². The van der Waals surface area contributed by atoms with Gasteiger partial charge in [-0.3, -0.25) is 4.90 Å². The van der Waals surface area contributed by atoms with Crippen LogP contribution in [0.5, 0.6) is 0 Å². The number of methoxy groups -OCH3 is 1. The number of halogens is 1. The average Bonchev–Trinajstić information content (AvgIpc) is 3.09. The number of ether oxygens (including phenoxy) is 1. The molecule has 2 heterocycles. The molecule has 2 N–H and O–H groups in total. The molecule has 2 aliphatic carbocycles. The first-order chi connectivity index (χ1) is 15.1. The fraction of sp³-hybridized carbons (Fsp3) is 0.556. The Morgan fingerprint density at radius 1 is 1.41 bits per heavy atom. The van der Waals surface area contributed by atoms with Crippen LogP contribution in [0, 0.1) is 5.92 Å². The second kappa shape index (κ2) is 8.67. The van der Waals surface area contributed by atoms with Crippen molar-refractivity contribution < 1.29 is 14.2 Å². The van der Waals surface area contributed by atoms with Crippen molar-refractivity contribution in [2.45, 2.75) is 76.5 Å². The lowest BCUT2D eigenvalue weighted by molar-refractivity contribution is -0.0356. The smallest absolute Gasteiger partial charge is 0.174 e. The van der Waals surface area contributed by atoms with Crippen LogP contribution in [-0.2, 0) is 4.74 Å². The molecule has 0 fully saturated rings. The average molecular weight is 439 g/mol. The van der Waals surface area contributed by atoms with Gasteiger partial charge in [0.15, 0.2) is 6.29 Å². The summed E-state index contributed by atoms with van der Waals surface area (Å²) in [5, 5.41) is 13.4. The number of hydrogen-bond donors (Lipinski definition) is 2. The molecular formula is C27H35FN2O2. The Morgan fingerprint density at radius 2 is 2.19 bits per heavy atom. The molecule has 0 bridgehead atoms. The first-order valence-electron chi connectivity index (χ1n) is 11.5. The Morgan fingerprint density at radius 3 is 2.84 bits per heavy atom. The fourth-order valence-electron chi connectivity index (χ4n) is 5.31. The number of aliphatic hydroxyl groups is 1. The third kappa shape index (κ3) is 4.64. The SMILES string of the molecule is COC(O)/C=C/C1=CCC(C2C3=C(CC(C)(C)N2CC(C)(C)F)C2=C=C=CCC2N3)C=C1. The highest BCUT2D eigenvalue weighted by Crippen LogP contribution is 2.46. The number of hydrogen-bond acceptors (Lipinski definition) is 4.